The van der Waals surface area contributed by atoms with Gasteiger partial charge in [0.05, 0.1) is 6.61 Å². The maximum atomic E-state index is 12.2. The van der Waals surface area contributed by atoms with Crippen molar-refractivity contribution < 1.29 is 9.53 Å². The molecule has 2 N–H and O–H groups in total. The van der Waals surface area contributed by atoms with Gasteiger partial charge in [-0.25, -0.2) is 4.79 Å². The predicted octanol–water partition coefficient (Wildman–Crippen LogP) is 4.99. The van der Waals surface area contributed by atoms with Gasteiger partial charge in [-0.3, -0.25) is 0 Å². The summed E-state index contributed by atoms with van der Waals surface area (Å²) in [5.74, 6) is 0.825. The van der Waals surface area contributed by atoms with E-state index in [-0.39, 0.29) is 18.4 Å². The monoisotopic (exact) mass is 437 g/mol. The molecule has 1 aliphatic rings. The Balaban J connectivity index is 0.00000300. The van der Waals surface area contributed by atoms with Crippen molar-refractivity contribution in [1.82, 2.24) is 10.2 Å². The average Bonchev–Trinajstić information content (AvgIpc) is 2.72. The van der Waals surface area contributed by atoms with Crippen LogP contribution in [0.25, 0.3) is 0 Å². The molecule has 1 fully saturated rings. The number of ether oxygens (including phenoxy) is 1. The predicted molar refractivity (Wildman–Crippen MR) is 122 cm³/mol. The number of amides is 2. The third kappa shape index (κ3) is 8.13. The summed E-state index contributed by atoms with van der Waals surface area (Å²) in [5.41, 5.74) is 2.14. The van der Waals surface area contributed by atoms with Crippen LogP contribution in [0.2, 0.25) is 5.02 Å². The first-order valence-corrected chi connectivity index (χ1v) is 10.3. The largest absolute Gasteiger partial charge is 0.494 e. The summed E-state index contributed by atoms with van der Waals surface area (Å²) >= 11 is 5.95. The number of urea groups is 1. The van der Waals surface area contributed by atoms with Gasteiger partial charge < -0.3 is 20.3 Å². The number of carbonyl (C=O) groups excluding carboxylic acids is 1. The molecule has 1 aliphatic heterocycles. The molecule has 1 saturated heterocycles. The summed E-state index contributed by atoms with van der Waals surface area (Å²) < 4.78 is 5.71. The van der Waals surface area contributed by atoms with Crippen LogP contribution in [0.5, 0.6) is 5.75 Å². The minimum atomic E-state index is -0.0195. The molecule has 7 heteroatoms. The van der Waals surface area contributed by atoms with Crippen molar-refractivity contribution in [3.63, 3.8) is 0 Å². The number of nitrogens with one attached hydrogen (secondary N) is 2. The van der Waals surface area contributed by atoms with E-state index in [0.29, 0.717) is 11.6 Å². The minimum absolute atomic E-state index is 0. The van der Waals surface area contributed by atoms with Crippen molar-refractivity contribution >= 4 is 35.7 Å². The van der Waals surface area contributed by atoms with Crippen molar-refractivity contribution in [2.45, 2.75) is 25.7 Å². The molecule has 1 heterocycles. The van der Waals surface area contributed by atoms with E-state index in [4.69, 9.17) is 16.3 Å². The van der Waals surface area contributed by atoms with E-state index < -0.39 is 0 Å². The minimum Gasteiger partial charge on any atom is -0.494 e. The first-order chi connectivity index (χ1) is 13.7. The fraction of sp³-hybridized carbons (Fsp3) is 0.409. The van der Waals surface area contributed by atoms with Gasteiger partial charge in [0, 0.05) is 36.9 Å². The zero-order valence-electron chi connectivity index (χ0n) is 16.5. The molecule has 0 bridgehead atoms. The second kappa shape index (κ2) is 12.6. The number of unbranched alkanes of at least 4 members (excludes halogenated alkanes) is 2. The number of nitrogens with zero attached hydrogens (tertiary/aromatic N) is 1. The lowest BCUT2D eigenvalue weighted by Gasteiger charge is -2.27. The fourth-order valence-corrected chi connectivity index (χ4v) is 3.36. The van der Waals surface area contributed by atoms with E-state index >= 15 is 0 Å². The maximum Gasteiger partial charge on any atom is 0.321 e. The van der Waals surface area contributed by atoms with Crippen LogP contribution in [-0.2, 0) is 6.42 Å². The Morgan fingerprint density at radius 2 is 1.83 bits per heavy atom. The van der Waals surface area contributed by atoms with Gasteiger partial charge in [-0.15, -0.1) is 12.4 Å². The number of rotatable bonds is 8. The molecule has 0 saturated carbocycles. The maximum absolute atomic E-state index is 12.2. The summed E-state index contributed by atoms with van der Waals surface area (Å²) in [7, 11) is 0. The van der Waals surface area contributed by atoms with E-state index in [1.54, 1.807) is 0 Å². The SMILES string of the molecule is Cl.O=C(Nc1ccc(CCCCCOc2cccc(Cl)c2)cc1)N1CCNCC1. The highest BCUT2D eigenvalue weighted by atomic mass is 35.5. The van der Waals surface area contributed by atoms with Gasteiger partial charge in [0.1, 0.15) is 5.75 Å². The summed E-state index contributed by atoms with van der Waals surface area (Å²) in [6.45, 7) is 3.93. The fourth-order valence-electron chi connectivity index (χ4n) is 3.18. The third-order valence-corrected chi connectivity index (χ3v) is 5.02. The van der Waals surface area contributed by atoms with E-state index in [9.17, 15) is 4.79 Å². The average molecular weight is 438 g/mol. The zero-order chi connectivity index (χ0) is 19.6. The van der Waals surface area contributed by atoms with Crippen LogP contribution in [0.15, 0.2) is 48.5 Å². The lowest BCUT2D eigenvalue weighted by atomic mass is 10.1. The van der Waals surface area contributed by atoms with Crippen molar-refractivity contribution in [2.75, 3.05) is 38.1 Å². The standard InChI is InChI=1S/C22H28ClN3O2.ClH/c23-19-6-4-7-21(17-19)28-16-3-1-2-5-18-8-10-20(11-9-18)25-22(27)26-14-12-24-13-15-26;/h4,6-11,17,24H,1-3,5,12-16H2,(H,25,27);1H. The quantitative estimate of drug-likeness (QED) is 0.571. The Labute approximate surface area is 184 Å². The molecule has 0 aliphatic carbocycles. The lowest BCUT2D eigenvalue weighted by Crippen LogP contribution is -2.48. The van der Waals surface area contributed by atoms with Crippen molar-refractivity contribution in [1.29, 1.82) is 0 Å². The number of hydrogen-bond acceptors (Lipinski definition) is 3. The second-order valence-corrected chi connectivity index (χ2v) is 7.42. The highest BCUT2D eigenvalue weighted by molar-refractivity contribution is 6.30. The van der Waals surface area contributed by atoms with E-state index in [1.807, 2.05) is 41.3 Å². The molecule has 158 valence electrons. The summed E-state index contributed by atoms with van der Waals surface area (Å²) in [5, 5.41) is 6.92. The Hall–Kier alpha value is -1.95. The molecule has 3 rings (SSSR count). The Morgan fingerprint density at radius 3 is 2.55 bits per heavy atom. The lowest BCUT2D eigenvalue weighted by molar-refractivity contribution is 0.204. The highest BCUT2D eigenvalue weighted by Gasteiger charge is 2.15. The molecular formula is C22H29Cl2N3O2. The second-order valence-electron chi connectivity index (χ2n) is 6.98. The van der Waals surface area contributed by atoms with Gasteiger partial charge >= 0.3 is 6.03 Å². The van der Waals surface area contributed by atoms with Gasteiger partial charge in [0.15, 0.2) is 0 Å². The van der Waals surface area contributed by atoms with E-state index in [0.717, 1.165) is 63.3 Å². The molecule has 29 heavy (non-hydrogen) atoms. The molecule has 5 nitrogen and oxygen atoms in total. The van der Waals surface area contributed by atoms with Crippen LogP contribution in [-0.4, -0.2) is 43.7 Å². The normalized spacial score (nSPS) is 13.5. The Bertz CT molecular complexity index is 750. The van der Waals surface area contributed by atoms with Gasteiger partial charge in [0.2, 0.25) is 0 Å². The zero-order valence-corrected chi connectivity index (χ0v) is 18.1. The van der Waals surface area contributed by atoms with E-state index in [1.165, 1.54) is 5.56 Å². The number of aryl methyl sites for hydroxylation is 1. The molecule has 0 unspecified atom stereocenters. The van der Waals surface area contributed by atoms with Crippen LogP contribution >= 0.6 is 24.0 Å². The smallest absolute Gasteiger partial charge is 0.321 e. The number of halogens is 2. The van der Waals surface area contributed by atoms with Crippen molar-refractivity contribution in [3.05, 3.63) is 59.1 Å². The van der Waals surface area contributed by atoms with Gasteiger partial charge in [-0.05, 0) is 61.6 Å². The van der Waals surface area contributed by atoms with Crippen LogP contribution < -0.4 is 15.4 Å². The molecule has 2 amide bonds. The van der Waals surface area contributed by atoms with Crippen LogP contribution in [0, 0.1) is 0 Å². The van der Waals surface area contributed by atoms with E-state index in [2.05, 4.69) is 22.8 Å². The molecular weight excluding hydrogens is 409 g/mol. The molecule has 0 radical (unpaired) electrons. The summed E-state index contributed by atoms with van der Waals surface area (Å²) in [6.07, 6.45) is 4.28. The van der Waals surface area contributed by atoms with Crippen LogP contribution in [0.1, 0.15) is 24.8 Å². The first kappa shape index (κ1) is 23.3. The number of hydrogen-bond donors (Lipinski definition) is 2. The first-order valence-electron chi connectivity index (χ1n) is 9.95. The number of carbonyl (C=O) groups is 1. The third-order valence-electron chi connectivity index (χ3n) is 4.78. The molecule has 2 aromatic carbocycles. The van der Waals surface area contributed by atoms with Gasteiger partial charge in [0.25, 0.3) is 0 Å². The van der Waals surface area contributed by atoms with Crippen molar-refractivity contribution in [2.24, 2.45) is 0 Å². The van der Waals surface area contributed by atoms with Crippen LogP contribution in [0.4, 0.5) is 10.5 Å². The van der Waals surface area contributed by atoms with Gasteiger partial charge in [-0.1, -0.05) is 29.8 Å². The highest BCUT2D eigenvalue weighted by Crippen LogP contribution is 2.18. The molecule has 2 aromatic rings. The van der Waals surface area contributed by atoms with Crippen molar-refractivity contribution in [3.8, 4) is 5.75 Å². The number of piperazine rings is 1. The number of benzene rings is 2. The Kier molecular flexibility index (Phi) is 10.1. The molecule has 0 spiro atoms. The van der Waals surface area contributed by atoms with Crippen LogP contribution in [0.3, 0.4) is 0 Å². The number of anilines is 1. The Morgan fingerprint density at radius 1 is 1.07 bits per heavy atom. The molecule has 0 atom stereocenters. The summed E-state index contributed by atoms with van der Waals surface area (Å²) in [4.78, 5) is 14.1. The van der Waals surface area contributed by atoms with Gasteiger partial charge in [-0.2, -0.15) is 0 Å². The topological polar surface area (TPSA) is 53.6 Å². The molecule has 0 aromatic heterocycles. The summed E-state index contributed by atoms with van der Waals surface area (Å²) in [6, 6.07) is 15.6.